The number of hydrogen-bond acceptors (Lipinski definition) is 2. The van der Waals surface area contributed by atoms with Crippen LogP contribution in [0.25, 0.3) is 0 Å². The SMILES string of the molecule is CCC(C)c1ccc(S(=O)NCC2CCCO2)cc1. The van der Waals surface area contributed by atoms with Gasteiger partial charge in [0.2, 0.25) is 0 Å². The molecule has 0 radical (unpaired) electrons. The van der Waals surface area contributed by atoms with Crippen molar-refractivity contribution < 1.29 is 8.95 Å². The Morgan fingerprint density at radius 2 is 2.16 bits per heavy atom. The zero-order chi connectivity index (χ0) is 13.7. The predicted octanol–water partition coefficient (Wildman–Crippen LogP) is 2.99. The van der Waals surface area contributed by atoms with Gasteiger partial charge in [-0.2, -0.15) is 0 Å². The van der Waals surface area contributed by atoms with Gasteiger partial charge in [0.25, 0.3) is 0 Å². The Morgan fingerprint density at radius 3 is 2.74 bits per heavy atom. The number of nitrogens with one attached hydrogen (secondary N) is 1. The monoisotopic (exact) mass is 281 g/mol. The molecule has 106 valence electrons. The highest BCUT2D eigenvalue weighted by molar-refractivity contribution is 7.83. The van der Waals surface area contributed by atoms with Gasteiger partial charge in [0, 0.05) is 13.2 Å². The van der Waals surface area contributed by atoms with Crippen LogP contribution in [0.3, 0.4) is 0 Å². The van der Waals surface area contributed by atoms with Crippen LogP contribution < -0.4 is 4.72 Å². The molecule has 1 fully saturated rings. The molecule has 0 spiro atoms. The van der Waals surface area contributed by atoms with Crippen molar-refractivity contribution in [2.45, 2.75) is 50.0 Å². The second kappa shape index (κ2) is 7.17. The fourth-order valence-electron chi connectivity index (χ4n) is 2.21. The maximum absolute atomic E-state index is 12.1. The normalized spacial score (nSPS) is 22.3. The highest BCUT2D eigenvalue weighted by Crippen LogP contribution is 2.19. The van der Waals surface area contributed by atoms with Gasteiger partial charge in [-0.25, -0.2) is 8.93 Å². The van der Waals surface area contributed by atoms with Gasteiger partial charge in [-0.3, -0.25) is 0 Å². The molecule has 3 nitrogen and oxygen atoms in total. The maximum atomic E-state index is 12.1. The Hall–Kier alpha value is -0.710. The fraction of sp³-hybridized carbons (Fsp3) is 0.600. The molecule has 0 saturated carbocycles. The number of ether oxygens (including phenoxy) is 1. The highest BCUT2D eigenvalue weighted by atomic mass is 32.2. The van der Waals surface area contributed by atoms with E-state index in [2.05, 4.69) is 30.7 Å². The second-order valence-electron chi connectivity index (χ2n) is 5.13. The van der Waals surface area contributed by atoms with Crippen LogP contribution in [0.4, 0.5) is 0 Å². The minimum Gasteiger partial charge on any atom is -0.377 e. The Morgan fingerprint density at radius 1 is 1.42 bits per heavy atom. The number of rotatable bonds is 6. The third kappa shape index (κ3) is 4.13. The van der Waals surface area contributed by atoms with Gasteiger partial charge >= 0.3 is 0 Å². The van der Waals surface area contributed by atoms with Gasteiger partial charge in [-0.05, 0) is 42.9 Å². The van der Waals surface area contributed by atoms with E-state index < -0.39 is 11.0 Å². The Labute approximate surface area is 118 Å². The van der Waals surface area contributed by atoms with E-state index in [1.165, 1.54) is 5.56 Å². The molecule has 0 aromatic heterocycles. The third-order valence-corrected chi connectivity index (χ3v) is 4.87. The molecular weight excluding hydrogens is 258 g/mol. The Balaban J connectivity index is 1.88. The predicted molar refractivity (Wildman–Crippen MR) is 78.5 cm³/mol. The average molecular weight is 281 g/mol. The van der Waals surface area contributed by atoms with Crippen LogP contribution in [-0.4, -0.2) is 23.5 Å². The quantitative estimate of drug-likeness (QED) is 0.870. The van der Waals surface area contributed by atoms with Crippen LogP contribution in [0.15, 0.2) is 29.2 Å². The lowest BCUT2D eigenvalue weighted by Gasteiger charge is -2.12. The van der Waals surface area contributed by atoms with E-state index in [-0.39, 0.29) is 6.10 Å². The summed E-state index contributed by atoms with van der Waals surface area (Å²) in [4.78, 5) is 0.838. The molecule has 1 aromatic carbocycles. The summed E-state index contributed by atoms with van der Waals surface area (Å²) in [6, 6.07) is 8.07. The zero-order valence-electron chi connectivity index (χ0n) is 11.7. The van der Waals surface area contributed by atoms with Crippen molar-refractivity contribution in [2.75, 3.05) is 13.2 Å². The molecule has 19 heavy (non-hydrogen) atoms. The summed E-state index contributed by atoms with van der Waals surface area (Å²) in [6.45, 7) is 5.89. The van der Waals surface area contributed by atoms with E-state index in [1.54, 1.807) is 0 Å². The molecule has 1 aliphatic rings. The molecule has 0 amide bonds. The van der Waals surface area contributed by atoms with E-state index in [1.807, 2.05) is 12.1 Å². The minimum absolute atomic E-state index is 0.225. The zero-order valence-corrected chi connectivity index (χ0v) is 12.5. The van der Waals surface area contributed by atoms with E-state index in [0.717, 1.165) is 30.8 Å². The first-order valence-corrected chi connectivity index (χ1v) is 8.22. The molecule has 0 bridgehead atoms. The van der Waals surface area contributed by atoms with Crippen molar-refractivity contribution in [1.82, 2.24) is 4.72 Å². The van der Waals surface area contributed by atoms with Crippen LogP contribution in [0.1, 0.15) is 44.6 Å². The molecule has 1 aliphatic heterocycles. The molecule has 1 saturated heterocycles. The smallest absolute Gasteiger partial charge is 0.124 e. The Bertz CT molecular complexity index is 413. The lowest BCUT2D eigenvalue weighted by Crippen LogP contribution is -2.27. The first-order chi connectivity index (χ1) is 9.20. The lowest BCUT2D eigenvalue weighted by molar-refractivity contribution is 0.115. The first kappa shape index (κ1) is 14.7. The van der Waals surface area contributed by atoms with Crippen LogP contribution in [-0.2, 0) is 15.7 Å². The minimum atomic E-state index is -1.13. The van der Waals surface area contributed by atoms with Crippen LogP contribution in [0.5, 0.6) is 0 Å². The molecular formula is C15H23NO2S. The van der Waals surface area contributed by atoms with Gasteiger partial charge in [-0.1, -0.05) is 26.0 Å². The van der Waals surface area contributed by atoms with Gasteiger partial charge in [-0.15, -0.1) is 0 Å². The molecule has 4 heteroatoms. The summed E-state index contributed by atoms with van der Waals surface area (Å²) in [5, 5.41) is 0. The largest absolute Gasteiger partial charge is 0.377 e. The van der Waals surface area contributed by atoms with Gasteiger partial charge in [0.15, 0.2) is 0 Å². The highest BCUT2D eigenvalue weighted by Gasteiger charge is 2.16. The van der Waals surface area contributed by atoms with E-state index in [0.29, 0.717) is 12.5 Å². The van der Waals surface area contributed by atoms with Gasteiger partial charge in [0.05, 0.1) is 11.0 Å². The van der Waals surface area contributed by atoms with Crippen molar-refractivity contribution in [2.24, 2.45) is 0 Å². The second-order valence-corrected chi connectivity index (χ2v) is 6.43. The molecule has 1 N–H and O–H groups in total. The lowest BCUT2D eigenvalue weighted by atomic mass is 9.99. The number of hydrogen-bond donors (Lipinski definition) is 1. The topological polar surface area (TPSA) is 38.3 Å². The van der Waals surface area contributed by atoms with Gasteiger partial charge < -0.3 is 4.74 Å². The molecule has 2 rings (SSSR count). The van der Waals surface area contributed by atoms with Crippen molar-refractivity contribution in [3.63, 3.8) is 0 Å². The van der Waals surface area contributed by atoms with Crippen LogP contribution in [0.2, 0.25) is 0 Å². The van der Waals surface area contributed by atoms with Crippen molar-refractivity contribution in [3.8, 4) is 0 Å². The summed E-state index contributed by atoms with van der Waals surface area (Å²) in [5.74, 6) is 0.558. The Kier molecular flexibility index (Phi) is 5.55. The maximum Gasteiger partial charge on any atom is 0.124 e. The van der Waals surface area contributed by atoms with Gasteiger partial charge in [0.1, 0.15) is 11.0 Å². The summed E-state index contributed by atoms with van der Waals surface area (Å²) < 4.78 is 20.7. The van der Waals surface area contributed by atoms with Crippen molar-refractivity contribution in [3.05, 3.63) is 29.8 Å². The molecule has 1 heterocycles. The average Bonchev–Trinajstić information content (AvgIpc) is 2.97. The van der Waals surface area contributed by atoms with Crippen molar-refractivity contribution >= 4 is 11.0 Å². The van der Waals surface area contributed by atoms with Crippen molar-refractivity contribution in [1.29, 1.82) is 0 Å². The molecule has 1 aromatic rings. The number of benzene rings is 1. The van der Waals surface area contributed by atoms with Crippen LogP contribution in [0, 0.1) is 0 Å². The third-order valence-electron chi connectivity index (χ3n) is 3.74. The molecule has 0 aliphatic carbocycles. The van der Waals surface area contributed by atoms with E-state index in [4.69, 9.17) is 4.74 Å². The summed E-state index contributed by atoms with van der Waals surface area (Å²) >= 11 is 0. The first-order valence-electron chi connectivity index (χ1n) is 7.07. The standard InChI is InChI=1S/C15H23NO2S/c1-3-12(2)13-6-8-15(9-7-13)19(17)16-11-14-5-4-10-18-14/h6-9,12,14,16H,3-5,10-11H2,1-2H3. The summed E-state index contributed by atoms with van der Waals surface area (Å²) in [5.41, 5.74) is 1.31. The summed E-state index contributed by atoms with van der Waals surface area (Å²) in [6.07, 6.45) is 3.53. The molecule has 3 atom stereocenters. The summed E-state index contributed by atoms with van der Waals surface area (Å²) in [7, 11) is -1.13. The van der Waals surface area contributed by atoms with E-state index >= 15 is 0 Å². The fourth-order valence-corrected chi connectivity index (χ4v) is 3.10. The van der Waals surface area contributed by atoms with Crippen LogP contribution >= 0.6 is 0 Å². The van der Waals surface area contributed by atoms with E-state index in [9.17, 15) is 4.21 Å². The molecule has 3 unspecified atom stereocenters.